The first kappa shape index (κ1) is 19.3. The molecule has 2 aromatic carbocycles. The molecule has 0 saturated heterocycles. The number of pyridine rings is 1. The summed E-state index contributed by atoms with van der Waals surface area (Å²) in [4.78, 5) is 28.9. The zero-order valence-electron chi connectivity index (χ0n) is 15.7. The summed E-state index contributed by atoms with van der Waals surface area (Å²) in [5, 5.41) is 0. The van der Waals surface area contributed by atoms with E-state index in [1.165, 1.54) is 12.1 Å². The Labute approximate surface area is 164 Å². The summed E-state index contributed by atoms with van der Waals surface area (Å²) < 4.78 is 10.9. The number of carbonyl (C=O) groups is 2. The largest absolute Gasteiger partial charge is 0.453 e. The maximum Gasteiger partial charge on any atom is 0.357 e. The summed E-state index contributed by atoms with van der Waals surface area (Å²) in [5.74, 6) is -1.19. The number of carbonyl (C=O) groups excluding carboxylic acids is 2. The smallest absolute Gasteiger partial charge is 0.357 e. The Bertz CT molecular complexity index is 866. The zero-order valence-corrected chi connectivity index (χ0v) is 15.7. The molecule has 0 spiro atoms. The molecule has 0 aliphatic rings. The van der Waals surface area contributed by atoms with Crippen LogP contribution in [0.5, 0.6) is 0 Å². The highest BCUT2D eigenvalue weighted by atomic mass is 16.5. The quantitative estimate of drug-likeness (QED) is 0.572. The lowest BCUT2D eigenvalue weighted by Crippen LogP contribution is -2.15. The van der Waals surface area contributed by atoms with Gasteiger partial charge in [-0.05, 0) is 37.1 Å². The van der Waals surface area contributed by atoms with Crippen LogP contribution < -0.4 is 0 Å². The Hall–Kier alpha value is -3.47. The van der Waals surface area contributed by atoms with Gasteiger partial charge in [0.2, 0.25) is 0 Å². The second-order valence-electron chi connectivity index (χ2n) is 6.32. The van der Waals surface area contributed by atoms with Gasteiger partial charge in [0.05, 0.1) is 0 Å². The fourth-order valence-electron chi connectivity index (χ4n) is 2.69. The van der Waals surface area contributed by atoms with Crippen LogP contribution in [0.2, 0.25) is 0 Å². The van der Waals surface area contributed by atoms with Crippen molar-refractivity contribution in [2.75, 3.05) is 0 Å². The molecule has 28 heavy (non-hydrogen) atoms. The molecule has 0 aliphatic heterocycles. The van der Waals surface area contributed by atoms with Gasteiger partial charge in [-0.1, -0.05) is 66.7 Å². The van der Waals surface area contributed by atoms with E-state index in [1.54, 1.807) is 19.9 Å². The molecule has 5 nitrogen and oxygen atoms in total. The predicted molar refractivity (Wildman–Crippen MR) is 105 cm³/mol. The number of benzene rings is 2. The first-order valence-corrected chi connectivity index (χ1v) is 9.03. The number of rotatable bonds is 6. The third-order valence-electron chi connectivity index (χ3n) is 4.27. The molecule has 0 amide bonds. The van der Waals surface area contributed by atoms with Crippen molar-refractivity contribution >= 4 is 11.9 Å². The number of ether oxygens (including phenoxy) is 2. The molecule has 2 atom stereocenters. The van der Waals surface area contributed by atoms with Crippen LogP contribution in [0.3, 0.4) is 0 Å². The van der Waals surface area contributed by atoms with E-state index in [0.29, 0.717) is 0 Å². The van der Waals surface area contributed by atoms with E-state index >= 15 is 0 Å². The van der Waals surface area contributed by atoms with Gasteiger partial charge in [0.25, 0.3) is 0 Å². The molecule has 3 rings (SSSR count). The summed E-state index contributed by atoms with van der Waals surface area (Å²) >= 11 is 0. The molecular weight excluding hydrogens is 354 g/mol. The van der Waals surface area contributed by atoms with Crippen LogP contribution in [0, 0.1) is 0 Å². The highest BCUT2D eigenvalue weighted by Crippen LogP contribution is 2.19. The third kappa shape index (κ3) is 4.82. The van der Waals surface area contributed by atoms with Crippen molar-refractivity contribution in [2.45, 2.75) is 26.1 Å². The maximum absolute atomic E-state index is 12.4. The Morgan fingerprint density at radius 1 is 0.643 bits per heavy atom. The van der Waals surface area contributed by atoms with Gasteiger partial charge < -0.3 is 9.47 Å². The molecule has 0 bridgehead atoms. The van der Waals surface area contributed by atoms with Crippen molar-refractivity contribution in [3.05, 3.63) is 101 Å². The van der Waals surface area contributed by atoms with Crippen molar-refractivity contribution in [1.82, 2.24) is 4.98 Å². The molecule has 142 valence electrons. The molecule has 0 saturated carbocycles. The normalized spacial score (nSPS) is 12.6. The van der Waals surface area contributed by atoms with Gasteiger partial charge in [-0.2, -0.15) is 0 Å². The minimum Gasteiger partial charge on any atom is -0.453 e. The Morgan fingerprint density at radius 3 is 1.43 bits per heavy atom. The van der Waals surface area contributed by atoms with Crippen molar-refractivity contribution in [2.24, 2.45) is 0 Å². The molecule has 1 aromatic heterocycles. The Morgan fingerprint density at radius 2 is 1.04 bits per heavy atom. The topological polar surface area (TPSA) is 65.5 Å². The van der Waals surface area contributed by atoms with E-state index in [4.69, 9.17) is 9.47 Å². The fraction of sp³-hybridized carbons (Fsp3) is 0.174. The average molecular weight is 375 g/mol. The van der Waals surface area contributed by atoms with E-state index in [0.717, 1.165) is 11.1 Å². The summed E-state index contributed by atoms with van der Waals surface area (Å²) in [7, 11) is 0. The number of aromatic nitrogens is 1. The molecular formula is C23H21NO4. The van der Waals surface area contributed by atoms with Crippen molar-refractivity contribution in [3.63, 3.8) is 0 Å². The van der Waals surface area contributed by atoms with Gasteiger partial charge in [0.1, 0.15) is 23.6 Å². The van der Waals surface area contributed by atoms with Gasteiger partial charge in [0, 0.05) is 0 Å². The van der Waals surface area contributed by atoms with Gasteiger partial charge in [0.15, 0.2) is 0 Å². The lowest BCUT2D eigenvalue weighted by molar-refractivity contribution is 0.0322. The van der Waals surface area contributed by atoms with Gasteiger partial charge in [-0.25, -0.2) is 14.6 Å². The van der Waals surface area contributed by atoms with E-state index in [2.05, 4.69) is 4.98 Å². The van der Waals surface area contributed by atoms with E-state index in [9.17, 15) is 9.59 Å². The molecule has 1 heterocycles. The second-order valence-corrected chi connectivity index (χ2v) is 6.32. The molecule has 3 aromatic rings. The molecule has 5 heteroatoms. The standard InChI is InChI=1S/C23H21NO4/c1-16(18-10-5-3-6-11-18)27-22(25)20-14-9-15-21(24-20)23(26)28-17(2)19-12-7-4-8-13-19/h3-17H,1-2H3/t16-,17+. The maximum atomic E-state index is 12.4. The molecule has 0 radical (unpaired) electrons. The van der Waals surface area contributed by atoms with Crippen LogP contribution in [0.1, 0.15) is 58.2 Å². The van der Waals surface area contributed by atoms with Crippen LogP contribution in [-0.2, 0) is 9.47 Å². The average Bonchev–Trinajstić information content (AvgIpc) is 2.75. The third-order valence-corrected chi connectivity index (χ3v) is 4.27. The number of esters is 2. The van der Waals surface area contributed by atoms with Crippen LogP contribution in [-0.4, -0.2) is 16.9 Å². The molecule has 0 fully saturated rings. The SMILES string of the molecule is C[C@H](OC(=O)c1cccc(C(=O)O[C@H](C)c2ccccc2)n1)c1ccccc1. The monoisotopic (exact) mass is 375 g/mol. The summed E-state index contributed by atoms with van der Waals surface area (Å²) in [6.07, 6.45) is -0.853. The van der Waals surface area contributed by atoms with Crippen molar-refractivity contribution in [3.8, 4) is 0 Å². The van der Waals surface area contributed by atoms with Crippen LogP contribution in [0.4, 0.5) is 0 Å². The van der Waals surface area contributed by atoms with Gasteiger partial charge in [-0.15, -0.1) is 0 Å². The number of nitrogens with zero attached hydrogens (tertiary/aromatic N) is 1. The molecule has 0 aliphatic carbocycles. The highest BCUT2D eigenvalue weighted by molar-refractivity contribution is 5.91. The minimum atomic E-state index is -0.595. The van der Waals surface area contributed by atoms with Crippen molar-refractivity contribution < 1.29 is 19.1 Å². The van der Waals surface area contributed by atoms with Gasteiger partial charge >= 0.3 is 11.9 Å². The molecule has 0 N–H and O–H groups in total. The van der Waals surface area contributed by atoms with Crippen LogP contribution in [0.15, 0.2) is 78.9 Å². The highest BCUT2D eigenvalue weighted by Gasteiger charge is 2.19. The second kappa shape index (κ2) is 8.95. The van der Waals surface area contributed by atoms with E-state index in [-0.39, 0.29) is 11.4 Å². The molecule has 0 unspecified atom stereocenters. The van der Waals surface area contributed by atoms with Crippen molar-refractivity contribution in [1.29, 1.82) is 0 Å². The van der Waals surface area contributed by atoms with E-state index < -0.39 is 24.1 Å². The lowest BCUT2D eigenvalue weighted by Gasteiger charge is -2.14. The number of hydrogen-bond donors (Lipinski definition) is 0. The number of hydrogen-bond acceptors (Lipinski definition) is 5. The Balaban J connectivity index is 1.67. The predicted octanol–water partition coefficient (Wildman–Crippen LogP) is 4.92. The minimum absolute atomic E-state index is 0.0598. The van der Waals surface area contributed by atoms with Crippen LogP contribution >= 0.6 is 0 Å². The first-order chi connectivity index (χ1) is 13.5. The Kier molecular flexibility index (Phi) is 6.17. The van der Waals surface area contributed by atoms with Crippen LogP contribution in [0.25, 0.3) is 0 Å². The zero-order chi connectivity index (χ0) is 19.9. The lowest BCUT2D eigenvalue weighted by atomic mass is 10.1. The summed E-state index contributed by atoms with van der Waals surface area (Å²) in [6.45, 7) is 3.57. The first-order valence-electron chi connectivity index (χ1n) is 9.03. The summed E-state index contributed by atoms with van der Waals surface area (Å²) in [6, 6.07) is 23.4. The summed E-state index contributed by atoms with van der Waals surface area (Å²) in [5.41, 5.74) is 1.88. The van der Waals surface area contributed by atoms with E-state index in [1.807, 2.05) is 60.7 Å². The fourth-order valence-corrected chi connectivity index (χ4v) is 2.69. The van der Waals surface area contributed by atoms with Gasteiger partial charge in [-0.3, -0.25) is 0 Å².